The van der Waals surface area contributed by atoms with Crippen molar-refractivity contribution < 1.29 is 9.47 Å². The second-order valence-electron chi connectivity index (χ2n) is 4.75. The molecule has 0 fully saturated rings. The summed E-state index contributed by atoms with van der Waals surface area (Å²) in [6.45, 7) is 6.37. The van der Waals surface area contributed by atoms with Crippen LogP contribution in [-0.2, 0) is 4.74 Å². The smallest absolute Gasteiger partial charge is 0.119 e. The average Bonchev–Trinajstić information content (AvgIpc) is 2.46. The van der Waals surface area contributed by atoms with E-state index in [0.717, 1.165) is 44.8 Å². The Morgan fingerprint density at radius 2 is 1.37 bits per heavy atom. The van der Waals surface area contributed by atoms with Crippen molar-refractivity contribution in [1.82, 2.24) is 0 Å². The van der Waals surface area contributed by atoms with Crippen LogP contribution < -0.4 is 4.74 Å². The molecule has 0 unspecified atom stereocenters. The monoisotopic (exact) mass is 263 g/mol. The molecule has 0 saturated carbocycles. The Balaban J connectivity index is 1.79. The van der Waals surface area contributed by atoms with Gasteiger partial charge in [0.2, 0.25) is 0 Å². The van der Waals surface area contributed by atoms with Crippen molar-refractivity contribution in [2.75, 3.05) is 19.8 Å². The highest BCUT2D eigenvalue weighted by atomic mass is 16.5. The molecular formula is C17H27O2. The lowest BCUT2D eigenvalue weighted by atomic mass is 10.2. The number of ether oxygens (including phenoxy) is 2. The van der Waals surface area contributed by atoms with Gasteiger partial charge in [-0.1, -0.05) is 50.8 Å². The van der Waals surface area contributed by atoms with Gasteiger partial charge in [-0.05, 0) is 31.4 Å². The van der Waals surface area contributed by atoms with Crippen LogP contribution in [0.25, 0.3) is 0 Å². The van der Waals surface area contributed by atoms with Gasteiger partial charge in [-0.3, -0.25) is 0 Å². The van der Waals surface area contributed by atoms with Crippen molar-refractivity contribution in [3.8, 4) is 5.75 Å². The van der Waals surface area contributed by atoms with E-state index in [1.807, 2.05) is 30.3 Å². The van der Waals surface area contributed by atoms with E-state index in [0.29, 0.717) is 0 Å². The fraction of sp³-hybridized carbons (Fsp3) is 0.588. The zero-order chi connectivity index (χ0) is 13.6. The van der Waals surface area contributed by atoms with Crippen molar-refractivity contribution in [3.05, 3.63) is 37.3 Å². The summed E-state index contributed by atoms with van der Waals surface area (Å²) in [5, 5.41) is 0. The van der Waals surface area contributed by atoms with Gasteiger partial charge in [0.1, 0.15) is 5.75 Å². The lowest BCUT2D eigenvalue weighted by molar-refractivity contribution is 0.122. The first-order valence-corrected chi connectivity index (χ1v) is 7.48. The molecule has 0 aliphatic carbocycles. The molecule has 2 nitrogen and oxygen atoms in total. The van der Waals surface area contributed by atoms with Gasteiger partial charge in [0.15, 0.2) is 0 Å². The number of unbranched alkanes of at least 4 members (excludes halogenated alkanes) is 5. The third-order valence-electron chi connectivity index (χ3n) is 2.98. The number of hydrogen-bond donors (Lipinski definition) is 0. The Kier molecular flexibility index (Phi) is 10.2. The Labute approximate surface area is 118 Å². The van der Waals surface area contributed by atoms with Crippen molar-refractivity contribution in [1.29, 1.82) is 0 Å². The van der Waals surface area contributed by atoms with E-state index in [-0.39, 0.29) is 0 Å². The van der Waals surface area contributed by atoms with Gasteiger partial charge in [0, 0.05) is 13.2 Å². The van der Waals surface area contributed by atoms with Gasteiger partial charge in [-0.15, -0.1) is 0 Å². The minimum Gasteiger partial charge on any atom is -0.494 e. The van der Waals surface area contributed by atoms with E-state index >= 15 is 0 Å². The molecule has 1 radical (unpaired) electrons. The SMILES string of the molecule is [CH2]CCCCCCOCCCCOc1ccccc1. The maximum absolute atomic E-state index is 5.62. The number of hydrogen-bond acceptors (Lipinski definition) is 2. The molecule has 0 N–H and O–H groups in total. The summed E-state index contributed by atoms with van der Waals surface area (Å²) in [7, 11) is 0. The Bertz CT molecular complexity index is 285. The molecule has 1 rings (SSSR count). The largest absolute Gasteiger partial charge is 0.494 e. The average molecular weight is 263 g/mol. The lowest BCUT2D eigenvalue weighted by Crippen LogP contribution is -2.01. The summed E-state index contributed by atoms with van der Waals surface area (Å²) in [5.41, 5.74) is 0. The second kappa shape index (κ2) is 12.0. The van der Waals surface area contributed by atoms with E-state index < -0.39 is 0 Å². The summed E-state index contributed by atoms with van der Waals surface area (Å²) in [6, 6.07) is 9.96. The van der Waals surface area contributed by atoms with Crippen molar-refractivity contribution in [2.24, 2.45) is 0 Å². The summed E-state index contributed by atoms with van der Waals surface area (Å²) < 4.78 is 11.2. The number of para-hydroxylation sites is 1. The topological polar surface area (TPSA) is 18.5 Å². The fourth-order valence-corrected chi connectivity index (χ4v) is 1.85. The summed E-state index contributed by atoms with van der Waals surface area (Å²) in [5.74, 6) is 0.953. The first kappa shape index (κ1) is 16.0. The zero-order valence-corrected chi connectivity index (χ0v) is 12.0. The van der Waals surface area contributed by atoms with Crippen LogP contribution >= 0.6 is 0 Å². The van der Waals surface area contributed by atoms with Crippen LogP contribution in [0, 0.1) is 6.92 Å². The maximum atomic E-state index is 5.62. The van der Waals surface area contributed by atoms with Gasteiger partial charge in [0.05, 0.1) is 6.61 Å². The highest BCUT2D eigenvalue weighted by Crippen LogP contribution is 2.08. The molecule has 19 heavy (non-hydrogen) atoms. The molecule has 0 aliphatic heterocycles. The zero-order valence-electron chi connectivity index (χ0n) is 12.0. The highest BCUT2D eigenvalue weighted by molar-refractivity contribution is 5.20. The second-order valence-corrected chi connectivity index (χ2v) is 4.75. The molecule has 1 aromatic carbocycles. The standard InChI is InChI=1S/C17H27O2/c1-2-3-4-5-9-14-18-15-10-11-16-19-17-12-7-6-8-13-17/h6-8,12-13H,1-5,9-11,14-16H2. The van der Waals surface area contributed by atoms with Crippen LogP contribution in [-0.4, -0.2) is 19.8 Å². The van der Waals surface area contributed by atoms with E-state index in [1.165, 1.54) is 25.7 Å². The van der Waals surface area contributed by atoms with Crippen LogP contribution in [0.1, 0.15) is 44.9 Å². The van der Waals surface area contributed by atoms with Gasteiger partial charge in [0.25, 0.3) is 0 Å². The maximum Gasteiger partial charge on any atom is 0.119 e. The minimum atomic E-state index is 0.775. The van der Waals surface area contributed by atoms with Crippen LogP contribution in [0.5, 0.6) is 5.75 Å². The first-order chi connectivity index (χ1) is 9.43. The summed E-state index contributed by atoms with van der Waals surface area (Å²) in [6.07, 6.45) is 8.17. The van der Waals surface area contributed by atoms with Gasteiger partial charge < -0.3 is 9.47 Å². The Morgan fingerprint density at radius 1 is 0.737 bits per heavy atom. The lowest BCUT2D eigenvalue weighted by Gasteiger charge is -2.06. The third-order valence-corrected chi connectivity index (χ3v) is 2.98. The summed E-state index contributed by atoms with van der Waals surface area (Å²) in [4.78, 5) is 0. The molecule has 0 spiro atoms. The highest BCUT2D eigenvalue weighted by Gasteiger charge is 1.94. The molecular weight excluding hydrogens is 236 g/mol. The van der Waals surface area contributed by atoms with Crippen LogP contribution in [0.4, 0.5) is 0 Å². The summed E-state index contributed by atoms with van der Waals surface area (Å²) >= 11 is 0. The molecule has 0 saturated heterocycles. The predicted octanol–water partition coefficient (Wildman–Crippen LogP) is 4.65. The van der Waals surface area contributed by atoms with Gasteiger partial charge in [-0.2, -0.15) is 0 Å². The molecule has 0 atom stereocenters. The number of rotatable bonds is 12. The quantitative estimate of drug-likeness (QED) is 0.511. The molecule has 0 amide bonds. The normalized spacial score (nSPS) is 10.6. The molecule has 1 aromatic rings. The fourth-order valence-electron chi connectivity index (χ4n) is 1.85. The van der Waals surface area contributed by atoms with Crippen molar-refractivity contribution >= 4 is 0 Å². The van der Waals surface area contributed by atoms with E-state index in [9.17, 15) is 0 Å². The molecule has 107 valence electrons. The molecule has 0 aliphatic rings. The van der Waals surface area contributed by atoms with Crippen LogP contribution in [0.3, 0.4) is 0 Å². The van der Waals surface area contributed by atoms with E-state index in [2.05, 4.69) is 6.92 Å². The molecule has 0 aromatic heterocycles. The van der Waals surface area contributed by atoms with Gasteiger partial charge >= 0.3 is 0 Å². The number of benzene rings is 1. The molecule has 2 heteroatoms. The van der Waals surface area contributed by atoms with Crippen molar-refractivity contribution in [2.45, 2.75) is 44.9 Å². The first-order valence-electron chi connectivity index (χ1n) is 7.48. The van der Waals surface area contributed by atoms with E-state index in [1.54, 1.807) is 0 Å². The van der Waals surface area contributed by atoms with E-state index in [4.69, 9.17) is 9.47 Å². The third kappa shape index (κ3) is 9.54. The predicted molar refractivity (Wildman–Crippen MR) is 80.4 cm³/mol. The van der Waals surface area contributed by atoms with Crippen LogP contribution in [0.15, 0.2) is 30.3 Å². The van der Waals surface area contributed by atoms with Gasteiger partial charge in [-0.25, -0.2) is 0 Å². The molecule has 0 heterocycles. The minimum absolute atomic E-state index is 0.775. The van der Waals surface area contributed by atoms with Crippen LogP contribution in [0.2, 0.25) is 0 Å². The molecule has 0 bridgehead atoms. The Morgan fingerprint density at radius 3 is 2.11 bits per heavy atom. The Hall–Kier alpha value is -1.02. The van der Waals surface area contributed by atoms with Crippen molar-refractivity contribution in [3.63, 3.8) is 0 Å².